The summed E-state index contributed by atoms with van der Waals surface area (Å²) in [5.74, 6) is -0.519. The number of piperidine rings is 1. The van der Waals surface area contributed by atoms with Gasteiger partial charge in [-0.3, -0.25) is 4.84 Å². The van der Waals surface area contributed by atoms with E-state index < -0.39 is 23.8 Å². The smallest absolute Gasteiger partial charge is 0.340 e. The normalized spacial score (nSPS) is 22.5. The Bertz CT molecular complexity index is 541. The largest absolute Gasteiger partial charge is 0.458 e. The second-order valence-corrected chi connectivity index (χ2v) is 9.93. The predicted molar refractivity (Wildman–Crippen MR) is 114 cm³/mol. The second kappa shape index (κ2) is 10.0. The van der Waals surface area contributed by atoms with Crippen LogP contribution in [0.25, 0.3) is 0 Å². The third kappa shape index (κ3) is 7.69. The van der Waals surface area contributed by atoms with Gasteiger partial charge in [-0.15, -0.1) is 0 Å². The Kier molecular flexibility index (Phi) is 8.92. The Labute approximate surface area is 171 Å². The zero-order valence-corrected chi connectivity index (χ0v) is 19.1. The van der Waals surface area contributed by atoms with Crippen molar-refractivity contribution in [3.8, 4) is 0 Å². The first-order valence-corrected chi connectivity index (χ1v) is 10.5. The van der Waals surface area contributed by atoms with E-state index >= 15 is 0 Å². The van der Waals surface area contributed by atoms with E-state index in [2.05, 4.69) is 27.7 Å². The van der Waals surface area contributed by atoms with Gasteiger partial charge in [0.2, 0.25) is 6.10 Å². The van der Waals surface area contributed by atoms with E-state index in [0.717, 1.165) is 19.3 Å². The van der Waals surface area contributed by atoms with Crippen LogP contribution in [-0.4, -0.2) is 45.0 Å². The molecule has 0 radical (unpaired) electrons. The number of carbonyl (C=O) groups is 1. The summed E-state index contributed by atoms with van der Waals surface area (Å²) in [7, 11) is 0. The van der Waals surface area contributed by atoms with Crippen molar-refractivity contribution in [2.24, 2.45) is 0 Å². The van der Waals surface area contributed by atoms with E-state index in [-0.39, 0.29) is 11.1 Å². The molecule has 1 aliphatic rings. The van der Waals surface area contributed by atoms with Crippen LogP contribution in [0.15, 0.2) is 24.3 Å². The van der Waals surface area contributed by atoms with Crippen LogP contribution in [0.1, 0.15) is 87.5 Å². The van der Waals surface area contributed by atoms with Gasteiger partial charge in [-0.25, -0.2) is 4.79 Å². The fourth-order valence-electron chi connectivity index (χ4n) is 3.71. The molecule has 28 heavy (non-hydrogen) atoms. The topological polar surface area (TPSA) is 59.0 Å². The molecule has 0 bridgehead atoms. The van der Waals surface area contributed by atoms with Crippen molar-refractivity contribution >= 4 is 5.97 Å². The van der Waals surface area contributed by atoms with Gasteiger partial charge in [0.25, 0.3) is 0 Å². The van der Waals surface area contributed by atoms with Crippen molar-refractivity contribution in [3.63, 3.8) is 0 Å². The van der Waals surface area contributed by atoms with Gasteiger partial charge in [-0.2, -0.15) is 5.06 Å². The maximum absolute atomic E-state index is 12.9. The molecule has 0 amide bonds. The molecule has 5 heteroatoms. The maximum atomic E-state index is 12.9. The SMILES string of the molecule is C/C=C/C=C/CC[C@@H](O)[C@@H](ON1C(C)(C)CCCC1(C)C)C(=O)OC(C)(C)C. The summed E-state index contributed by atoms with van der Waals surface area (Å²) in [4.78, 5) is 19.1. The van der Waals surface area contributed by atoms with Gasteiger partial charge in [0, 0.05) is 11.1 Å². The quantitative estimate of drug-likeness (QED) is 0.466. The highest BCUT2D eigenvalue weighted by atomic mass is 16.7. The number of nitrogens with zero attached hydrogens (tertiary/aromatic N) is 1. The lowest BCUT2D eigenvalue weighted by Gasteiger charge is -2.52. The Morgan fingerprint density at radius 1 is 1.14 bits per heavy atom. The summed E-state index contributed by atoms with van der Waals surface area (Å²) in [5, 5.41) is 12.7. The molecule has 1 fully saturated rings. The Balaban J connectivity index is 3.00. The maximum Gasteiger partial charge on any atom is 0.340 e. The Morgan fingerprint density at radius 2 is 1.71 bits per heavy atom. The van der Waals surface area contributed by atoms with Gasteiger partial charge >= 0.3 is 5.97 Å². The minimum Gasteiger partial charge on any atom is -0.458 e. The zero-order chi connectivity index (χ0) is 21.6. The first-order chi connectivity index (χ1) is 12.8. The summed E-state index contributed by atoms with van der Waals surface area (Å²) in [5.41, 5.74) is -1.10. The third-order valence-electron chi connectivity index (χ3n) is 4.95. The molecule has 0 aromatic rings. The molecule has 0 saturated carbocycles. The van der Waals surface area contributed by atoms with Crippen molar-refractivity contribution in [3.05, 3.63) is 24.3 Å². The van der Waals surface area contributed by atoms with E-state index in [1.165, 1.54) is 0 Å². The fraction of sp³-hybridized carbons (Fsp3) is 0.783. The predicted octanol–water partition coefficient (Wildman–Crippen LogP) is 4.94. The average molecular weight is 396 g/mol. The van der Waals surface area contributed by atoms with Crippen molar-refractivity contribution in [1.29, 1.82) is 0 Å². The highest BCUT2D eigenvalue weighted by molar-refractivity contribution is 5.75. The van der Waals surface area contributed by atoms with Crippen LogP contribution in [0.3, 0.4) is 0 Å². The monoisotopic (exact) mass is 395 g/mol. The summed E-state index contributed by atoms with van der Waals surface area (Å²) < 4.78 is 5.56. The highest BCUT2D eigenvalue weighted by Gasteiger charge is 2.46. The van der Waals surface area contributed by atoms with Gasteiger partial charge < -0.3 is 9.84 Å². The van der Waals surface area contributed by atoms with Crippen LogP contribution < -0.4 is 0 Å². The number of aliphatic hydroxyl groups is 1. The molecule has 1 aliphatic heterocycles. The average Bonchev–Trinajstić information content (AvgIpc) is 2.51. The molecule has 0 aromatic heterocycles. The van der Waals surface area contributed by atoms with Crippen molar-refractivity contribution in [1.82, 2.24) is 5.06 Å². The minimum absolute atomic E-state index is 0.229. The van der Waals surface area contributed by atoms with Gasteiger partial charge in [0.05, 0.1) is 6.10 Å². The second-order valence-electron chi connectivity index (χ2n) is 9.93. The molecular weight excluding hydrogens is 354 g/mol. The molecule has 162 valence electrons. The lowest BCUT2D eigenvalue weighted by Crippen LogP contribution is -2.61. The molecule has 5 nitrogen and oxygen atoms in total. The Morgan fingerprint density at radius 3 is 2.21 bits per heavy atom. The molecule has 0 spiro atoms. The lowest BCUT2D eigenvalue weighted by molar-refractivity contribution is -0.315. The summed E-state index contributed by atoms with van der Waals surface area (Å²) in [6.45, 7) is 15.9. The summed E-state index contributed by atoms with van der Waals surface area (Å²) in [6, 6.07) is 0. The zero-order valence-electron chi connectivity index (χ0n) is 19.1. The fourth-order valence-corrected chi connectivity index (χ4v) is 3.71. The number of esters is 1. The van der Waals surface area contributed by atoms with Crippen LogP contribution in [0, 0.1) is 0 Å². The minimum atomic E-state index is -1.05. The number of hydrogen-bond donors (Lipinski definition) is 1. The third-order valence-corrected chi connectivity index (χ3v) is 4.95. The first-order valence-electron chi connectivity index (χ1n) is 10.5. The number of allylic oxidation sites excluding steroid dienone is 4. The van der Waals surface area contributed by atoms with Crippen LogP contribution in [0.2, 0.25) is 0 Å². The highest BCUT2D eigenvalue weighted by Crippen LogP contribution is 2.39. The van der Waals surface area contributed by atoms with Crippen molar-refractivity contribution in [2.75, 3.05) is 0 Å². The van der Waals surface area contributed by atoms with Crippen LogP contribution in [0.5, 0.6) is 0 Å². The van der Waals surface area contributed by atoms with E-state index in [1.54, 1.807) is 0 Å². The van der Waals surface area contributed by atoms with E-state index in [9.17, 15) is 9.90 Å². The molecular formula is C23H41NO4. The van der Waals surface area contributed by atoms with Crippen LogP contribution >= 0.6 is 0 Å². The summed E-state index contributed by atoms with van der Waals surface area (Å²) >= 11 is 0. The first kappa shape index (κ1) is 24.9. The summed E-state index contributed by atoms with van der Waals surface area (Å²) in [6.07, 6.45) is 9.93. The molecule has 1 rings (SSSR count). The van der Waals surface area contributed by atoms with Gasteiger partial charge in [0.15, 0.2) is 0 Å². The van der Waals surface area contributed by atoms with Gasteiger partial charge in [-0.1, -0.05) is 24.3 Å². The Hall–Kier alpha value is -1.17. The number of aliphatic hydroxyl groups excluding tert-OH is 1. The molecule has 0 aliphatic carbocycles. The standard InChI is InChI=1S/C23H41NO4/c1-9-10-11-12-13-15-18(25)19(20(26)27-21(2,3)4)28-24-22(5,6)16-14-17-23(24,7)8/h9-12,18-19,25H,13-17H2,1-8H3/b10-9+,12-11+/t18-,19-/m1/s1. The van der Waals surface area contributed by atoms with Gasteiger partial charge in [-0.05, 0) is 87.5 Å². The number of hydrogen-bond acceptors (Lipinski definition) is 5. The van der Waals surface area contributed by atoms with E-state index in [4.69, 9.17) is 9.57 Å². The lowest BCUT2D eigenvalue weighted by atomic mass is 9.82. The number of hydroxylamine groups is 2. The molecule has 0 unspecified atom stereocenters. The van der Waals surface area contributed by atoms with E-state index in [1.807, 2.05) is 57.1 Å². The molecule has 2 atom stereocenters. The molecule has 0 aromatic carbocycles. The number of ether oxygens (including phenoxy) is 1. The van der Waals surface area contributed by atoms with Crippen molar-refractivity contribution in [2.45, 2.75) is 116 Å². The molecule has 1 heterocycles. The molecule has 1 saturated heterocycles. The number of rotatable bonds is 8. The van der Waals surface area contributed by atoms with Crippen LogP contribution in [0.4, 0.5) is 0 Å². The van der Waals surface area contributed by atoms with Crippen LogP contribution in [-0.2, 0) is 14.4 Å². The van der Waals surface area contributed by atoms with Crippen molar-refractivity contribution < 1.29 is 19.5 Å². The molecule has 1 N–H and O–H groups in total. The van der Waals surface area contributed by atoms with E-state index in [0.29, 0.717) is 12.8 Å². The number of carbonyl (C=O) groups excluding carboxylic acids is 1. The van der Waals surface area contributed by atoms with Gasteiger partial charge in [0.1, 0.15) is 5.60 Å².